The fourth-order valence-electron chi connectivity index (χ4n) is 1.20. The Morgan fingerprint density at radius 1 is 1.54 bits per heavy atom. The van der Waals surface area contributed by atoms with E-state index >= 15 is 0 Å². The molecule has 1 aromatic carbocycles. The van der Waals surface area contributed by atoms with Gasteiger partial charge in [0, 0.05) is 0 Å². The van der Waals surface area contributed by atoms with Gasteiger partial charge in [-0.15, -0.1) is 0 Å². The van der Waals surface area contributed by atoms with Crippen molar-refractivity contribution in [2.45, 2.75) is 0 Å². The molecule has 0 radical (unpaired) electrons. The molecule has 0 saturated carbocycles. The van der Waals surface area contributed by atoms with Gasteiger partial charge in [0.1, 0.15) is 5.52 Å². The number of nitrogens with zero attached hydrogens (tertiary/aromatic N) is 1. The van der Waals surface area contributed by atoms with Crippen LogP contribution in [0, 0.1) is 0 Å². The highest BCUT2D eigenvalue weighted by Gasteiger charge is 2.01. The normalized spacial score (nSPS) is 10.2. The first kappa shape index (κ1) is 8.00. The van der Waals surface area contributed by atoms with Crippen molar-refractivity contribution in [1.29, 1.82) is 0 Å². The third kappa shape index (κ3) is 1.46. The number of para-hydroxylation sites is 1. The van der Waals surface area contributed by atoms with Crippen LogP contribution >= 0.6 is 12.2 Å². The summed E-state index contributed by atoms with van der Waals surface area (Å²) >= 11 is 4.74. The van der Waals surface area contributed by atoms with Gasteiger partial charge in [-0.2, -0.15) is 0 Å². The molecule has 0 aliphatic carbocycles. The zero-order chi connectivity index (χ0) is 9.26. The number of nitrogens with two attached hydrogens (primary N) is 1. The molecule has 0 amide bonds. The van der Waals surface area contributed by atoms with E-state index in [1.165, 1.54) is 0 Å². The van der Waals surface area contributed by atoms with Gasteiger partial charge in [0.25, 0.3) is 0 Å². The highest BCUT2D eigenvalue weighted by molar-refractivity contribution is 7.80. The Hall–Kier alpha value is -1.62. The van der Waals surface area contributed by atoms with Gasteiger partial charge >= 0.3 is 0 Å². The molecule has 0 spiro atoms. The number of fused-ring (bicyclic) bond motifs is 1. The molecule has 13 heavy (non-hydrogen) atoms. The first-order valence-corrected chi connectivity index (χ1v) is 4.17. The Balaban J connectivity index is 2.54. The molecule has 1 aromatic heterocycles. The van der Waals surface area contributed by atoms with Gasteiger partial charge in [-0.25, -0.2) is 4.98 Å². The Bertz CT molecular complexity index is 448. The molecular weight excluding hydrogens is 184 g/mol. The predicted octanol–water partition coefficient (Wildman–Crippen LogP) is 1.22. The number of aromatic amines is 1. The SMILES string of the molecule is NC(=S)Nc1cccc2[nH]cnc12. The molecule has 4 N–H and O–H groups in total. The number of H-pyrrole nitrogens is 1. The zero-order valence-electron chi connectivity index (χ0n) is 6.74. The minimum atomic E-state index is 0.246. The Morgan fingerprint density at radius 3 is 3.15 bits per heavy atom. The number of hydrogen-bond donors (Lipinski definition) is 3. The second kappa shape index (κ2) is 3.02. The second-order valence-electron chi connectivity index (χ2n) is 2.59. The topological polar surface area (TPSA) is 66.7 Å². The number of anilines is 1. The van der Waals surface area contributed by atoms with Crippen molar-refractivity contribution >= 4 is 34.1 Å². The van der Waals surface area contributed by atoms with Crippen molar-refractivity contribution in [3.63, 3.8) is 0 Å². The predicted molar refractivity (Wildman–Crippen MR) is 56.5 cm³/mol. The van der Waals surface area contributed by atoms with Gasteiger partial charge in [-0.1, -0.05) is 6.07 Å². The van der Waals surface area contributed by atoms with E-state index in [2.05, 4.69) is 15.3 Å². The van der Waals surface area contributed by atoms with E-state index in [-0.39, 0.29) is 5.11 Å². The molecular formula is C8H8N4S. The summed E-state index contributed by atoms with van der Waals surface area (Å²) in [5, 5.41) is 3.11. The van der Waals surface area contributed by atoms with Crippen LogP contribution in [0.25, 0.3) is 11.0 Å². The fourth-order valence-corrected chi connectivity index (χ4v) is 1.31. The number of aromatic nitrogens is 2. The molecule has 2 rings (SSSR count). The van der Waals surface area contributed by atoms with Crippen LogP contribution in [0.3, 0.4) is 0 Å². The summed E-state index contributed by atoms with van der Waals surface area (Å²) in [5.74, 6) is 0. The van der Waals surface area contributed by atoms with Gasteiger partial charge < -0.3 is 16.0 Å². The van der Waals surface area contributed by atoms with E-state index in [1.54, 1.807) is 6.33 Å². The average Bonchev–Trinajstić information content (AvgIpc) is 2.51. The molecule has 0 aliphatic heterocycles. The summed E-state index contributed by atoms with van der Waals surface area (Å²) < 4.78 is 0. The Kier molecular flexibility index (Phi) is 1.86. The lowest BCUT2D eigenvalue weighted by atomic mass is 10.3. The van der Waals surface area contributed by atoms with Crippen LogP contribution in [-0.2, 0) is 0 Å². The number of benzene rings is 1. The molecule has 4 nitrogen and oxygen atoms in total. The van der Waals surface area contributed by atoms with Crippen LogP contribution in [-0.4, -0.2) is 15.1 Å². The Labute approximate surface area is 80.2 Å². The summed E-state index contributed by atoms with van der Waals surface area (Å²) in [6.45, 7) is 0. The second-order valence-corrected chi connectivity index (χ2v) is 3.03. The van der Waals surface area contributed by atoms with E-state index in [9.17, 15) is 0 Å². The summed E-state index contributed by atoms with van der Waals surface area (Å²) in [4.78, 5) is 7.14. The fraction of sp³-hybridized carbons (Fsp3) is 0. The van der Waals surface area contributed by atoms with Gasteiger partial charge in [0.05, 0.1) is 17.5 Å². The minimum Gasteiger partial charge on any atom is -0.376 e. The first-order chi connectivity index (χ1) is 6.27. The number of rotatable bonds is 1. The van der Waals surface area contributed by atoms with Crippen molar-refractivity contribution in [3.8, 4) is 0 Å². The summed E-state index contributed by atoms with van der Waals surface area (Å²) in [6.07, 6.45) is 1.63. The molecule has 0 aliphatic rings. The van der Waals surface area contributed by atoms with Crippen LogP contribution in [0.4, 0.5) is 5.69 Å². The number of nitrogens with one attached hydrogen (secondary N) is 2. The van der Waals surface area contributed by atoms with Crippen molar-refractivity contribution in [2.24, 2.45) is 5.73 Å². The van der Waals surface area contributed by atoms with E-state index in [1.807, 2.05) is 18.2 Å². The van der Waals surface area contributed by atoms with Crippen molar-refractivity contribution in [1.82, 2.24) is 9.97 Å². The molecule has 0 saturated heterocycles. The molecule has 66 valence electrons. The van der Waals surface area contributed by atoms with E-state index in [0.29, 0.717) is 0 Å². The van der Waals surface area contributed by atoms with Crippen molar-refractivity contribution in [2.75, 3.05) is 5.32 Å². The maximum absolute atomic E-state index is 5.37. The van der Waals surface area contributed by atoms with Gasteiger partial charge in [0.2, 0.25) is 0 Å². The van der Waals surface area contributed by atoms with Crippen molar-refractivity contribution < 1.29 is 0 Å². The summed E-state index contributed by atoms with van der Waals surface area (Å²) in [6, 6.07) is 5.72. The maximum Gasteiger partial charge on any atom is 0.168 e. The molecule has 0 fully saturated rings. The first-order valence-electron chi connectivity index (χ1n) is 3.76. The lowest BCUT2D eigenvalue weighted by Gasteiger charge is -2.03. The molecule has 0 atom stereocenters. The number of hydrogen-bond acceptors (Lipinski definition) is 2. The lowest BCUT2D eigenvalue weighted by molar-refractivity contribution is 1.34. The van der Waals surface area contributed by atoms with Gasteiger partial charge in [0.15, 0.2) is 5.11 Å². The van der Waals surface area contributed by atoms with E-state index < -0.39 is 0 Å². The highest BCUT2D eigenvalue weighted by Crippen LogP contribution is 2.18. The van der Waals surface area contributed by atoms with Crippen LogP contribution in [0.1, 0.15) is 0 Å². The van der Waals surface area contributed by atoms with Crippen molar-refractivity contribution in [3.05, 3.63) is 24.5 Å². The Morgan fingerprint density at radius 2 is 2.38 bits per heavy atom. The monoisotopic (exact) mass is 192 g/mol. The summed E-state index contributed by atoms with van der Waals surface area (Å²) in [7, 11) is 0. The zero-order valence-corrected chi connectivity index (χ0v) is 7.56. The van der Waals surface area contributed by atoms with Gasteiger partial charge in [-0.3, -0.25) is 0 Å². The van der Waals surface area contributed by atoms with Crippen LogP contribution in [0.15, 0.2) is 24.5 Å². The minimum absolute atomic E-state index is 0.246. The smallest absolute Gasteiger partial charge is 0.168 e. The molecule has 1 heterocycles. The van der Waals surface area contributed by atoms with Crippen LogP contribution in [0.2, 0.25) is 0 Å². The highest BCUT2D eigenvalue weighted by atomic mass is 32.1. The lowest BCUT2D eigenvalue weighted by Crippen LogP contribution is -2.18. The standard InChI is InChI=1S/C8H8N4S/c9-8(13)12-6-3-1-2-5-7(6)11-4-10-5/h1-4H,(H,10,11)(H3,9,12,13). The molecule has 2 aromatic rings. The largest absolute Gasteiger partial charge is 0.376 e. The third-order valence-electron chi connectivity index (χ3n) is 1.71. The average molecular weight is 192 g/mol. The van der Waals surface area contributed by atoms with E-state index in [0.717, 1.165) is 16.7 Å². The molecule has 5 heteroatoms. The maximum atomic E-state index is 5.37. The van der Waals surface area contributed by atoms with Crippen LogP contribution in [0.5, 0.6) is 0 Å². The van der Waals surface area contributed by atoms with Crippen LogP contribution < -0.4 is 11.1 Å². The quantitative estimate of drug-likeness (QED) is 0.594. The third-order valence-corrected chi connectivity index (χ3v) is 1.81. The molecule has 0 bridgehead atoms. The number of imidazole rings is 1. The molecule has 0 unspecified atom stereocenters. The summed E-state index contributed by atoms with van der Waals surface area (Å²) in [5.41, 5.74) is 7.99. The van der Waals surface area contributed by atoms with E-state index in [4.69, 9.17) is 18.0 Å². The number of thiocarbonyl (C=S) groups is 1. The van der Waals surface area contributed by atoms with Gasteiger partial charge in [-0.05, 0) is 24.4 Å².